The molecule has 0 aromatic carbocycles. The minimum Gasteiger partial charge on any atom is -0.320 e. The monoisotopic (exact) mass is 179 g/mol. The zero-order valence-corrected chi connectivity index (χ0v) is 7.57. The van der Waals surface area contributed by atoms with Crippen molar-refractivity contribution in [3.05, 3.63) is 21.4 Å². The van der Waals surface area contributed by atoms with E-state index in [1.807, 2.05) is 13.0 Å². The zero-order valence-electron chi connectivity index (χ0n) is 6.76. The van der Waals surface area contributed by atoms with E-state index in [4.69, 9.17) is 5.73 Å². The van der Waals surface area contributed by atoms with Gasteiger partial charge in [0.1, 0.15) is 0 Å². The number of hydrogen-bond donors (Lipinski definition) is 1. The fourth-order valence-electron chi connectivity index (χ4n) is 0.820. The first kappa shape index (κ1) is 8.98. The number of hydrogen-bond acceptors (Lipinski definition) is 3. The number of aldehydes is 1. The predicted octanol–water partition coefficient (Wildman–Crippen LogP) is 1.18. The van der Waals surface area contributed by atoms with Crippen LogP contribution in [0.3, 0.4) is 0 Å². The van der Waals surface area contributed by atoms with E-state index in [1.165, 1.54) is 11.3 Å². The average molecular weight is 179 g/mol. The van der Waals surface area contributed by atoms with E-state index >= 15 is 0 Å². The van der Waals surface area contributed by atoms with Crippen LogP contribution in [0.15, 0.2) is 6.07 Å². The van der Waals surface area contributed by atoms with Crippen molar-refractivity contribution in [2.24, 2.45) is 5.73 Å². The summed E-state index contributed by atoms with van der Waals surface area (Å²) in [6.45, 7) is 2.29. The number of carbonyl (C=O) groups excluding carboxylic acids is 1. The van der Waals surface area contributed by atoms with Gasteiger partial charge in [0.15, 0.2) is 6.29 Å². The summed E-state index contributed by atoms with van der Waals surface area (Å²) in [5.41, 5.74) is 6.27. The highest BCUT2D eigenvalue weighted by molar-refractivity contribution is 7.14. The van der Waals surface area contributed by atoms with Crippen molar-refractivity contribution < 1.29 is 4.79 Å². The van der Waals surface area contributed by atoms with E-state index in [0.29, 0.717) is 11.4 Å². The molecule has 0 aliphatic heterocycles. The summed E-state index contributed by atoms with van der Waals surface area (Å²) in [5.74, 6) is 5.67. The number of rotatable bonds is 1. The first-order chi connectivity index (χ1) is 5.77. The molecular weight excluding hydrogens is 170 g/mol. The molecule has 1 aromatic heterocycles. The molecule has 2 N–H and O–H groups in total. The second-order valence-electron chi connectivity index (χ2n) is 2.28. The lowest BCUT2D eigenvalue weighted by atomic mass is 10.3. The Kier molecular flexibility index (Phi) is 3.03. The van der Waals surface area contributed by atoms with Gasteiger partial charge < -0.3 is 5.73 Å². The fourth-order valence-corrected chi connectivity index (χ4v) is 1.68. The maximum atomic E-state index is 10.4. The highest BCUT2D eigenvalue weighted by Crippen LogP contribution is 2.18. The molecule has 3 heteroatoms. The van der Waals surface area contributed by atoms with Crippen LogP contribution in [0.5, 0.6) is 0 Å². The van der Waals surface area contributed by atoms with Crippen LogP contribution in [0.25, 0.3) is 0 Å². The Morgan fingerprint density at radius 3 is 3.00 bits per heavy atom. The van der Waals surface area contributed by atoms with Crippen molar-refractivity contribution >= 4 is 17.6 Å². The molecule has 2 nitrogen and oxygen atoms in total. The molecule has 0 atom stereocenters. The van der Waals surface area contributed by atoms with Crippen LogP contribution < -0.4 is 5.73 Å². The Morgan fingerprint density at radius 2 is 2.50 bits per heavy atom. The molecule has 0 spiro atoms. The van der Waals surface area contributed by atoms with Crippen molar-refractivity contribution in [1.29, 1.82) is 0 Å². The quantitative estimate of drug-likeness (QED) is 0.519. The summed E-state index contributed by atoms with van der Waals surface area (Å²) in [4.78, 5) is 12.0. The normalized spacial score (nSPS) is 8.83. The minimum atomic E-state index is 0.355. The predicted molar refractivity (Wildman–Crippen MR) is 50.4 cm³/mol. The van der Waals surface area contributed by atoms with Gasteiger partial charge in [-0.3, -0.25) is 4.79 Å². The van der Waals surface area contributed by atoms with E-state index in [1.54, 1.807) is 0 Å². The third kappa shape index (κ3) is 1.94. The third-order valence-corrected chi connectivity index (χ3v) is 2.43. The summed E-state index contributed by atoms with van der Waals surface area (Å²) < 4.78 is 0. The Morgan fingerprint density at radius 1 is 1.75 bits per heavy atom. The Hall–Kier alpha value is -1.11. The van der Waals surface area contributed by atoms with Gasteiger partial charge in [-0.2, -0.15) is 0 Å². The molecule has 0 amide bonds. The molecule has 1 rings (SSSR count). The standard InChI is InChI=1S/C9H9NOS/c1-7-5-8(6-11)12-9(7)3-2-4-10/h5-6H,4,10H2,1H3. The topological polar surface area (TPSA) is 43.1 Å². The van der Waals surface area contributed by atoms with Gasteiger partial charge in [-0.1, -0.05) is 11.8 Å². The Bertz CT molecular complexity index is 343. The van der Waals surface area contributed by atoms with Crippen LogP contribution in [0.4, 0.5) is 0 Å². The first-order valence-electron chi connectivity index (χ1n) is 3.52. The van der Waals surface area contributed by atoms with Gasteiger partial charge in [-0.05, 0) is 18.6 Å². The van der Waals surface area contributed by atoms with Gasteiger partial charge in [-0.25, -0.2) is 0 Å². The van der Waals surface area contributed by atoms with Crippen LogP contribution in [0.2, 0.25) is 0 Å². The molecule has 1 heterocycles. The summed E-state index contributed by atoms with van der Waals surface area (Å²) >= 11 is 1.40. The van der Waals surface area contributed by atoms with Gasteiger partial charge in [-0.15, -0.1) is 11.3 Å². The summed E-state index contributed by atoms with van der Waals surface area (Å²) in [7, 11) is 0. The molecule has 0 radical (unpaired) electrons. The second kappa shape index (κ2) is 4.05. The molecule has 0 unspecified atom stereocenters. The molecule has 12 heavy (non-hydrogen) atoms. The van der Waals surface area contributed by atoms with E-state index in [0.717, 1.165) is 16.7 Å². The van der Waals surface area contributed by atoms with Gasteiger partial charge in [0.25, 0.3) is 0 Å². The minimum absolute atomic E-state index is 0.355. The first-order valence-corrected chi connectivity index (χ1v) is 4.34. The second-order valence-corrected chi connectivity index (χ2v) is 3.37. The Labute approximate surface area is 75.4 Å². The SMILES string of the molecule is Cc1cc(C=O)sc1C#CCN. The fraction of sp³-hybridized carbons (Fsp3) is 0.222. The molecule has 1 aromatic rings. The van der Waals surface area contributed by atoms with Crippen molar-refractivity contribution in [3.8, 4) is 11.8 Å². The third-order valence-electron chi connectivity index (χ3n) is 1.36. The van der Waals surface area contributed by atoms with Crippen molar-refractivity contribution in [3.63, 3.8) is 0 Å². The molecule has 0 fully saturated rings. The Balaban J connectivity index is 2.99. The lowest BCUT2D eigenvalue weighted by Crippen LogP contribution is -1.92. The van der Waals surface area contributed by atoms with E-state index in [2.05, 4.69) is 11.8 Å². The van der Waals surface area contributed by atoms with Gasteiger partial charge in [0.05, 0.1) is 16.3 Å². The number of nitrogens with two attached hydrogens (primary N) is 1. The molecule has 0 saturated heterocycles. The van der Waals surface area contributed by atoms with Crippen molar-refractivity contribution in [1.82, 2.24) is 0 Å². The van der Waals surface area contributed by atoms with Crippen LogP contribution in [-0.4, -0.2) is 12.8 Å². The molecule has 0 aliphatic carbocycles. The lowest BCUT2D eigenvalue weighted by Gasteiger charge is -1.81. The summed E-state index contributed by atoms with van der Waals surface area (Å²) in [6, 6.07) is 1.83. The van der Waals surface area contributed by atoms with E-state index in [-0.39, 0.29) is 0 Å². The van der Waals surface area contributed by atoms with Crippen LogP contribution in [0, 0.1) is 18.8 Å². The number of aryl methyl sites for hydroxylation is 1. The largest absolute Gasteiger partial charge is 0.320 e. The van der Waals surface area contributed by atoms with E-state index in [9.17, 15) is 4.79 Å². The number of thiophene rings is 1. The van der Waals surface area contributed by atoms with Crippen LogP contribution in [0.1, 0.15) is 20.1 Å². The smallest absolute Gasteiger partial charge is 0.160 e. The maximum absolute atomic E-state index is 10.4. The van der Waals surface area contributed by atoms with Crippen LogP contribution in [-0.2, 0) is 0 Å². The van der Waals surface area contributed by atoms with Crippen molar-refractivity contribution in [2.45, 2.75) is 6.92 Å². The number of carbonyl (C=O) groups is 1. The molecular formula is C9H9NOS. The van der Waals surface area contributed by atoms with Gasteiger partial charge in [0.2, 0.25) is 0 Å². The maximum Gasteiger partial charge on any atom is 0.160 e. The lowest BCUT2D eigenvalue weighted by molar-refractivity contribution is 0.112. The molecule has 0 aliphatic rings. The average Bonchev–Trinajstić information content (AvgIpc) is 2.43. The van der Waals surface area contributed by atoms with Crippen molar-refractivity contribution in [2.75, 3.05) is 6.54 Å². The summed E-state index contributed by atoms with van der Waals surface area (Å²) in [6.07, 6.45) is 0.839. The molecule has 62 valence electrons. The molecule has 0 saturated carbocycles. The highest BCUT2D eigenvalue weighted by Gasteiger charge is 2.00. The van der Waals surface area contributed by atoms with Gasteiger partial charge >= 0.3 is 0 Å². The van der Waals surface area contributed by atoms with Crippen LogP contribution >= 0.6 is 11.3 Å². The highest BCUT2D eigenvalue weighted by atomic mass is 32.1. The molecule has 0 bridgehead atoms. The van der Waals surface area contributed by atoms with Gasteiger partial charge in [0, 0.05) is 0 Å². The summed E-state index contributed by atoms with van der Waals surface area (Å²) in [5, 5.41) is 0. The van der Waals surface area contributed by atoms with E-state index < -0.39 is 0 Å². The zero-order chi connectivity index (χ0) is 8.97.